The van der Waals surface area contributed by atoms with E-state index >= 15 is 0 Å². The second kappa shape index (κ2) is 36.2. The fourth-order valence-corrected chi connectivity index (χ4v) is 5.23. The summed E-state index contributed by atoms with van der Waals surface area (Å²) in [7, 11) is -4.26. The number of phosphoric acid groups is 1. The zero-order chi connectivity index (χ0) is 35.2. The topological polar surface area (TPSA) is 117 Å². The van der Waals surface area contributed by atoms with Crippen LogP contribution in [-0.4, -0.2) is 49.9 Å². The van der Waals surface area contributed by atoms with Gasteiger partial charge in [-0.1, -0.05) is 132 Å². The van der Waals surface area contributed by atoms with Crippen molar-refractivity contribution >= 4 is 13.8 Å². The molecule has 0 aliphatic carbocycles. The molecule has 2 unspecified atom stereocenters. The Morgan fingerprint density at radius 2 is 1.17 bits per heavy atom. The Morgan fingerprint density at radius 1 is 0.646 bits per heavy atom. The number of nitrogens with two attached hydrogens (primary N) is 1. The average Bonchev–Trinajstić information content (AvgIpc) is 3.07. The number of carbonyl (C=O) groups excluding carboxylic acids is 1. The zero-order valence-electron chi connectivity index (χ0n) is 30.2. The lowest BCUT2D eigenvalue weighted by atomic mass is 10.1. The van der Waals surface area contributed by atoms with E-state index in [1.165, 1.54) is 25.7 Å². The lowest BCUT2D eigenvalue weighted by Gasteiger charge is -2.20. The maximum atomic E-state index is 12.2. The Hall–Kier alpha value is -2.06. The van der Waals surface area contributed by atoms with Crippen molar-refractivity contribution in [3.05, 3.63) is 72.9 Å². The van der Waals surface area contributed by atoms with E-state index in [1.54, 1.807) is 0 Å². The van der Waals surface area contributed by atoms with Gasteiger partial charge in [-0.05, 0) is 64.2 Å². The van der Waals surface area contributed by atoms with Crippen LogP contribution < -0.4 is 5.73 Å². The van der Waals surface area contributed by atoms with Crippen molar-refractivity contribution in [1.82, 2.24) is 0 Å². The number of esters is 1. The molecule has 0 aromatic heterocycles. The Labute approximate surface area is 293 Å². The van der Waals surface area contributed by atoms with Crippen molar-refractivity contribution in [2.75, 3.05) is 33.0 Å². The molecule has 0 bridgehead atoms. The highest BCUT2D eigenvalue weighted by Gasteiger charge is 2.25. The fraction of sp³-hybridized carbons (Fsp3) is 0.667. The highest BCUT2D eigenvalue weighted by molar-refractivity contribution is 7.47. The van der Waals surface area contributed by atoms with E-state index in [2.05, 4.69) is 86.8 Å². The Morgan fingerprint density at radius 3 is 1.71 bits per heavy atom. The maximum absolute atomic E-state index is 12.2. The van der Waals surface area contributed by atoms with E-state index < -0.39 is 13.9 Å². The number of hydrogen-bond acceptors (Lipinski definition) is 7. The number of phosphoric ester groups is 1. The van der Waals surface area contributed by atoms with Gasteiger partial charge in [0, 0.05) is 19.6 Å². The molecule has 276 valence electrons. The minimum Gasteiger partial charge on any atom is -0.457 e. The van der Waals surface area contributed by atoms with Crippen molar-refractivity contribution in [2.24, 2.45) is 5.73 Å². The molecule has 0 aliphatic heterocycles. The van der Waals surface area contributed by atoms with Gasteiger partial charge in [-0.15, -0.1) is 0 Å². The number of ether oxygens (including phenoxy) is 2. The van der Waals surface area contributed by atoms with Gasteiger partial charge < -0.3 is 20.1 Å². The van der Waals surface area contributed by atoms with Crippen LogP contribution in [-0.2, 0) is 27.9 Å². The highest BCUT2D eigenvalue weighted by atomic mass is 31.2. The summed E-state index contributed by atoms with van der Waals surface area (Å²) in [6.45, 7) is 4.56. The second-order valence-corrected chi connectivity index (χ2v) is 13.2. The molecule has 8 nitrogen and oxygen atoms in total. The van der Waals surface area contributed by atoms with E-state index in [0.717, 1.165) is 83.5 Å². The average molecular weight is 694 g/mol. The Bertz CT molecular complexity index is 958. The van der Waals surface area contributed by atoms with Crippen LogP contribution in [0.25, 0.3) is 0 Å². The molecule has 0 saturated heterocycles. The van der Waals surface area contributed by atoms with Crippen molar-refractivity contribution in [3.63, 3.8) is 0 Å². The lowest BCUT2D eigenvalue weighted by molar-refractivity contribution is -0.154. The van der Waals surface area contributed by atoms with E-state index in [9.17, 15) is 14.3 Å². The van der Waals surface area contributed by atoms with Crippen LogP contribution in [0.15, 0.2) is 72.9 Å². The molecule has 48 heavy (non-hydrogen) atoms. The third-order valence-corrected chi connectivity index (χ3v) is 8.12. The van der Waals surface area contributed by atoms with Crippen molar-refractivity contribution < 1.29 is 32.8 Å². The smallest absolute Gasteiger partial charge is 0.457 e. The molecule has 0 saturated carbocycles. The van der Waals surface area contributed by atoms with Crippen LogP contribution in [0.2, 0.25) is 0 Å². The molecule has 0 radical (unpaired) electrons. The molecule has 0 amide bonds. The van der Waals surface area contributed by atoms with Gasteiger partial charge in [0.25, 0.3) is 0 Å². The minimum absolute atomic E-state index is 0.0944. The molecular formula is C39H68NO7P. The van der Waals surface area contributed by atoms with E-state index in [0.29, 0.717) is 13.0 Å². The first-order valence-electron chi connectivity index (χ1n) is 18.4. The Kier molecular flexibility index (Phi) is 34.7. The van der Waals surface area contributed by atoms with Gasteiger partial charge in [-0.3, -0.25) is 13.8 Å². The molecular weight excluding hydrogens is 625 g/mol. The third kappa shape index (κ3) is 35.3. The first kappa shape index (κ1) is 45.9. The largest absolute Gasteiger partial charge is 0.472 e. The van der Waals surface area contributed by atoms with Gasteiger partial charge >= 0.3 is 13.8 Å². The molecule has 0 aromatic carbocycles. The first-order valence-corrected chi connectivity index (χ1v) is 19.9. The summed E-state index contributed by atoms with van der Waals surface area (Å²) in [5, 5.41) is 0. The van der Waals surface area contributed by atoms with Crippen LogP contribution in [0.5, 0.6) is 0 Å². The normalized spacial score (nSPS) is 14.5. The molecule has 9 heteroatoms. The van der Waals surface area contributed by atoms with E-state index in [-0.39, 0.29) is 32.3 Å². The summed E-state index contributed by atoms with van der Waals surface area (Å²) in [5.41, 5.74) is 5.31. The van der Waals surface area contributed by atoms with Gasteiger partial charge in [0.05, 0.1) is 19.8 Å². The van der Waals surface area contributed by atoms with Crippen molar-refractivity contribution in [2.45, 2.75) is 136 Å². The van der Waals surface area contributed by atoms with Gasteiger partial charge in [-0.25, -0.2) is 4.57 Å². The fourth-order valence-electron chi connectivity index (χ4n) is 4.47. The van der Waals surface area contributed by atoms with Gasteiger partial charge in [0.2, 0.25) is 0 Å². The van der Waals surface area contributed by atoms with E-state index in [1.807, 2.05) is 0 Å². The van der Waals surface area contributed by atoms with Crippen LogP contribution in [0, 0.1) is 0 Å². The summed E-state index contributed by atoms with van der Waals surface area (Å²) < 4.78 is 32.8. The van der Waals surface area contributed by atoms with Gasteiger partial charge in [-0.2, -0.15) is 0 Å². The van der Waals surface area contributed by atoms with Crippen LogP contribution in [0.4, 0.5) is 0 Å². The van der Waals surface area contributed by atoms with Crippen molar-refractivity contribution in [1.29, 1.82) is 0 Å². The molecule has 0 heterocycles. The molecule has 3 N–H and O–H groups in total. The monoisotopic (exact) mass is 693 g/mol. The lowest BCUT2D eigenvalue weighted by Crippen LogP contribution is -2.28. The van der Waals surface area contributed by atoms with Crippen molar-refractivity contribution in [3.8, 4) is 0 Å². The summed E-state index contributed by atoms with van der Waals surface area (Å²) in [4.78, 5) is 21.9. The number of hydrogen-bond donors (Lipinski definition) is 2. The predicted molar refractivity (Wildman–Crippen MR) is 201 cm³/mol. The summed E-state index contributed by atoms with van der Waals surface area (Å²) in [6.07, 6.45) is 44.3. The van der Waals surface area contributed by atoms with Crippen LogP contribution in [0.1, 0.15) is 129 Å². The zero-order valence-corrected chi connectivity index (χ0v) is 31.1. The molecule has 2 atom stereocenters. The quantitative estimate of drug-likeness (QED) is 0.0296. The Balaban J connectivity index is 3.84. The van der Waals surface area contributed by atoms with E-state index in [4.69, 9.17) is 24.3 Å². The number of unbranched alkanes of at least 4 members (excludes halogenated alkanes) is 9. The molecule has 0 rings (SSSR count). The van der Waals surface area contributed by atoms with Crippen LogP contribution in [0.3, 0.4) is 0 Å². The SMILES string of the molecule is CC/C=C\C/C=C\C/C=C\C/C=C\C/C=C\C/C=C\CCCCCCCCCOCC(COP(=O)(O)OCCN)OC(=O)CCCCC. The predicted octanol–water partition coefficient (Wildman–Crippen LogP) is 10.4. The molecule has 0 spiro atoms. The summed E-state index contributed by atoms with van der Waals surface area (Å²) in [6, 6.07) is 0. The summed E-state index contributed by atoms with van der Waals surface area (Å²) in [5.74, 6) is -0.364. The summed E-state index contributed by atoms with van der Waals surface area (Å²) >= 11 is 0. The minimum atomic E-state index is -4.26. The molecule has 0 fully saturated rings. The van der Waals surface area contributed by atoms with Gasteiger partial charge in [0.15, 0.2) is 0 Å². The maximum Gasteiger partial charge on any atom is 0.472 e. The van der Waals surface area contributed by atoms with Gasteiger partial charge in [0.1, 0.15) is 6.10 Å². The molecule has 0 aromatic rings. The van der Waals surface area contributed by atoms with Crippen LogP contribution >= 0.6 is 7.82 Å². The second-order valence-electron chi connectivity index (χ2n) is 11.7. The number of rotatable bonds is 34. The number of allylic oxidation sites excluding steroid dienone is 12. The molecule has 0 aliphatic rings. The third-order valence-electron chi connectivity index (χ3n) is 7.14. The highest BCUT2D eigenvalue weighted by Crippen LogP contribution is 2.43. The number of carbonyl (C=O) groups is 1. The standard InChI is InChI=1S/C39H68NO7P/c1-3-5-7-8-9-10-11-12-13-14-15-16-17-18-19-20-21-22-23-24-25-26-27-28-29-31-34-44-36-38(47-39(41)32-30-6-4-2)37-46-48(42,43)45-35-33-40/h5,7,9-10,12-13,15-16,18-19,21-22,38H,3-4,6,8,11,14,17,20,23-37,40H2,1-2H3,(H,42,43)/b7-5-,10-9-,13-12-,16-15-,19-18-,22-21-. The first-order chi connectivity index (χ1) is 23.4.